The van der Waals surface area contributed by atoms with E-state index >= 15 is 0 Å². The number of anilines is 1. The number of nitrogens with zero attached hydrogens (tertiary/aromatic N) is 5. The smallest absolute Gasteiger partial charge is 0.162 e. The molecular formula is C21H21N5S2. The van der Waals surface area contributed by atoms with Crippen LogP contribution in [0.5, 0.6) is 0 Å². The number of para-hydroxylation sites is 1. The number of fused-ring (bicyclic) bond motifs is 1. The number of aromatic nitrogens is 3. The van der Waals surface area contributed by atoms with Gasteiger partial charge >= 0.3 is 0 Å². The van der Waals surface area contributed by atoms with Crippen LogP contribution < -0.4 is 4.90 Å². The number of rotatable bonds is 4. The molecule has 0 amide bonds. The first kappa shape index (κ1) is 17.7. The minimum atomic E-state index is 0.366. The van der Waals surface area contributed by atoms with E-state index in [9.17, 15) is 0 Å². The van der Waals surface area contributed by atoms with Crippen molar-refractivity contribution in [1.82, 2.24) is 19.9 Å². The minimum Gasteiger partial charge on any atom is -0.353 e. The van der Waals surface area contributed by atoms with Gasteiger partial charge in [0.2, 0.25) is 0 Å². The highest BCUT2D eigenvalue weighted by Crippen LogP contribution is 2.30. The minimum absolute atomic E-state index is 0.366. The molecule has 5 nitrogen and oxygen atoms in total. The van der Waals surface area contributed by atoms with Crippen molar-refractivity contribution in [1.29, 1.82) is 0 Å². The Balaban J connectivity index is 1.43. The van der Waals surface area contributed by atoms with Crippen molar-refractivity contribution in [3.8, 4) is 11.4 Å². The van der Waals surface area contributed by atoms with E-state index < -0.39 is 0 Å². The van der Waals surface area contributed by atoms with Crippen LogP contribution >= 0.6 is 22.7 Å². The van der Waals surface area contributed by atoms with Crippen LogP contribution in [0.15, 0.2) is 52.7 Å². The molecule has 5 rings (SSSR count). The van der Waals surface area contributed by atoms with Crippen LogP contribution in [0.4, 0.5) is 5.82 Å². The van der Waals surface area contributed by atoms with E-state index in [1.165, 1.54) is 5.01 Å². The van der Waals surface area contributed by atoms with Crippen molar-refractivity contribution >= 4 is 39.4 Å². The summed E-state index contributed by atoms with van der Waals surface area (Å²) in [5.74, 6) is 1.86. The van der Waals surface area contributed by atoms with Gasteiger partial charge in [0, 0.05) is 54.1 Å². The third-order valence-corrected chi connectivity index (χ3v) is 6.96. The highest BCUT2D eigenvalue weighted by Gasteiger charge is 2.25. The molecule has 0 N–H and O–H groups in total. The summed E-state index contributed by atoms with van der Waals surface area (Å²) in [6, 6.07) is 10.8. The van der Waals surface area contributed by atoms with Crippen molar-refractivity contribution in [2.75, 3.05) is 31.1 Å². The first-order valence-electron chi connectivity index (χ1n) is 9.47. The third-order valence-electron chi connectivity index (χ3n) is 5.33. The highest BCUT2D eigenvalue weighted by atomic mass is 32.1. The molecule has 4 aromatic rings. The Morgan fingerprint density at radius 2 is 1.86 bits per heavy atom. The van der Waals surface area contributed by atoms with Crippen LogP contribution in [-0.4, -0.2) is 46.0 Å². The first-order chi connectivity index (χ1) is 13.8. The molecule has 7 heteroatoms. The van der Waals surface area contributed by atoms with Crippen molar-refractivity contribution < 1.29 is 0 Å². The number of hydrogen-bond acceptors (Lipinski definition) is 7. The van der Waals surface area contributed by atoms with Gasteiger partial charge in [-0.2, -0.15) is 11.3 Å². The van der Waals surface area contributed by atoms with Gasteiger partial charge in [0.05, 0.1) is 11.6 Å². The predicted octanol–water partition coefficient (Wildman–Crippen LogP) is 4.70. The molecular weight excluding hydrogens is 386 g/mol. The van der Waals surface area contributed by atoms with E-state index in [0.29, 0.717) is 6.04 Å². The number of thiazole rings is 1. The average Bonchev–Trinajstić information content (AvgIpc) is 3.47. The van der Waals surface area contributed by atoms with Crippen LogP contribution in [-0.2, 0) is 0 Å². The molecule has 1 aliphatic rings. The fraction of sp³-hybridized carbons (Fsp3) is 0.286. The molecule has 1 unspecified atom stereocenters. The zero-order valence-electron chi connectivity index (χ0n) is 15.7. The van der Waals surface area contributed by atoms with Crippen LogP contribution in [0.3, 0.4) is 0 Å². The Bertz CT molecular complexity index is 1050. The molecule has 142 valence electrons. The molecule has 0 saturated carbocycles. The number of benzene rings is 1. The topological polar surface area (TPSA) is 45.2 Å². The Morgan fingerprint density at radius 1 is 1.00 bits per heavy atom. The maximum atomic E-state index is 4.98. The van der Waals surface area contributed by atoms with Gasteiger partial charge in [-0.05, 0) is 30.5 Å². The van der Waals surface area contributed by atoms with E-state index in [-0.39, 0.29) is 0 Å². The van der Waals surface area contributed by atoms with Gasteiger partial charge in [0.25, 0.3) is 0 Å². The summed E-state index contributed by atoms with van der Waals surface area (Å²) in [5, 5.41) is 8.57. The Kier molecular flexibility index (Phi) is 4.80. The Labute approximate surface area is 172 Å². The molecule has 0 radical (unpaired) electrons. The molecule has 4 heterocycles. The summed E-state index contributed by atoms with van der Waals surface area (Å²) in [7, 11) is 0. The summed E-state index contributed by atoms with van der Waals surface area (Å²) < 4.78 is 0. The lowest BCUT2D eigenvalue weighted by molar-refractivity contribution is 0.198. The average molecular weight is 408 g/mol. The summed E-state index contributed by atoms with van der Waals surface area (Å²) in [6.45, 7) is 6.18. The largest absolute Gasteiger partial charge is 0.353 e. The zero-order valence-corrected chi connectivity index (χ0v) is 17.3. The molecule has 0 bridgehead atoms. The zero-order chi connectivity index (χ0) is 18.9. The van der Waals surface area contributed by atoms with Crippen LogP contribution in [0.25, 0.3) is 22.3 Å². The molecule has 0 spiro atoms. The Morgan fingerprint density at radius 3 is 2.61 bits per heavy atom. The quantitative estimate of drug-likeness (QED) is 0.491. The first-order valence-corrected chi connectivity index (χ1v) is 11.3. The van der Waals surface area contributed by atoms with Crippen molar-refractivity contribution in [3.63, 3.8) is 0 Å². The maximum absolute atomic E-state index is 4.98. The van der Waals surface area contributed by atoms with Gasteiger partial charge < -0.3 is 4.90 Å². The maximum Gasteiger partial charge on any atom is 0.162 e. The number of thiophene rings is 1. The molecule has 1 saturated heterocycles. The number of hydrogen-bond donors (Lipinski definition) is 0. The van der Waals surface area contributed by atoms with Crippen molar-refractivity contribution in [2.24, 2.45) is 0 Å². The van der Waals surface area contributed by atoms with Gasteiger partial charge in [0.15, 0.2) is 5.82 Å². The summed E-state index contributed by atoms with van der Waals surface area (Å²) in [4.78, 5) is 19.2. The lowest BCUT2D eigenvalue weighted by Crippen LogP contribution is -2.47. The number of piperazine rings is 1. The van der Waals surface area contributed by atoms with Crippen molar-refractivity contribution in [3.05, 3.63) is 57.7 Å². The summed E-state index contributed by atoms with van der Waals surface area (Å²) in [6.07, 6.45) is 1.89. The van der Waals surface area contributed by atoms with Gasteiger partial charge in [0.1, 0.15) is 10.8 Å². The standard InChI is InChI=1S/C21H21N5S2/c1-15(21-22-7-13-28-21)25-8-10-26(11-9-25)20-17-4-2-3-5-18(17)23-19(24-20)16-6-12-27-14-16/h2-7,12-15H,8-11H2,1H3. The van der Waals surface area contributed by atoms with Gasteiger partial charge in [-0.3, -0.25) is 4.90 Å². The lowest BCUT2D eigenvalue weighted by Gasteiger charge is -2.38. The van der Waals surface area contributed by atoms with Gasteiger partial charge in [-0.15, -0.1) is 11.3 Å². The van der Waals surface area contributed by atoms with Crippen molar-refractivity contribution in [2.45, 2.75) is 13.0 Å². The van der Waals surface area contributed by atoms with Gasteiger partial charge in [-0.1, -0.05) is 12.1 Å². The Hall–Kier alpha value is -2.35. The van der Waals surface area contributed by atoms with E-state index in [1.54, 1.807) is 22.7 Å². The van der Waals surface area contributed by atoms with Crippen LogP contribution in [0, 0.1) is 0 Å². The van der Waals surface area contributed by atoms with Gasteiger partial charge in [-0.25, -0.2) is 15.0 Å². The summed E-state index contributed by atoms with van der Waals surface area (Å²) in [5.41, 5.74) is 2.10. The van der Waals surface area contributed by atoms with E-state index in [1.807, 2.05) is 12.3 Å². The summed E-state index contributed by atoms with van der Waals surface area (Å²) >= 11 is 3.42. The SMILES string of the molecule is CC(c1nccs1)N1CCN(c2nc(-c3ccsc3)nc3ccccc23)CC1. The monoisotopic (exact) mass is 407 g/mol. The van der Waals surface area contributed by atoms with E-state index in [4.69, 9.17) is 9.97 Å². The second-order valence-electron chi connectivity index (χ2n) is 6.97. The van der Waals surface area contributed by atoms with Crippen LogP contribution in [0.2, 0.25) is 0 Å². The normalized spacial score (nSPS) is 16.5. The fourth-order valence-electron chi connectivity index (χ4n) is 3.74. The molecule has 1 atom stereocenters. The second kappa shape index (κ2) is 7.58. The molecule has 3 aromatic heterocycles. The second-order valence-corrected chi connectivity index (χ2v) is 8.68. The van der Waals surface area contributed by atoms with E-state index in [2.05, 4.69) is 62.1 Å². The molecule has 1 aromatic carbocycles. The molecule has 0 aliphatic carbocycles. The fourth-order valence-corrected chi connectivity index (χ4v) is 5.10. The highest BCUT2D eigenvalue weighted by molar-refractivity contribution is 7.09. The third kappa shape index (κ3) is 3.30. The molecule has 1 aliphatic heterocycles. The molecule has 28 heavy (non-hydrogen) atoms. The molecule has 1 fully saturated rings. The predicted molar refractivity (Wildman–Crippen MR) is 117 cm³/mol. The van der Waals surface area contributed by atoms with E-state index in [0.717, 1.165) is 54.3 Å². The van der Waals surface area contributed by atoms with Crippen LogP contribution in [0.1, 0.15) is 18.0 Å². The lowest BCUT2D eigenvalue weighted by atomic mass is 10.2.